The maximum Gasteiger partial charge on any atom is 0.123 e. The van der Waals surface area contributed by atoms with Gasteiger partial charge in [-0.25, -0.2) is 0 Å². The number of aliphatic hydroxyl groups excluding tert-OH is 1. The molecule has 0 aromatic heterocycles. The fraction of sp³-hybridized carbons (Fsp3) is 0.333. The number of fused-ring (bicyclic) bond motifs is 1. The number of rotatable bonds is 3. The van der Waals surface area contributed by atoms with Crippen LogP contribution in [0.25, 0.3) is 0 Å². The molecule has 2 atom stereocenters. The van der Waals surface area contributed by atoms with Gasteiger partial charge in [0.2, 0.25) is 0 Å². The third-order valence-electron chi connectivity index (χ3n) is 4.60. The van der Waals surface area contributed by atoms with Gasteiger partial charge in [0.05, 0.1) is 12.7 Å². The highest BCUT2D eigenvalue weighted by Crippen LogP contribution is 2.46. The van der Waals surface area contributed by atoms with Crippen molar-refractivity contribution in [2.75, 3.05) is 13.2 Å². The van der Waals surface area contributed by atoms with E-state index < -0.39 is 11.5 Å². The molecule has 0 fully saturated rings. The molecule has 2 unspecified atom stereocenters. The van der Waals surface area contributed by atoms with Crippen molar-refractivity contribution in [1.82, 2.24) is 0 Å². The molecule has 0 radical (unpaired) electrons. The van der Waals surface area contributed by atoms with Crippen molar-refractivity contribution in [3.05, 3.63) is 65.2 Å². The second-order valence-electron chi connectivity index (χ2n) is 5.71. The third kappa shape index (κ3) is 2.23. The third-order valence-corrected chi connectivity index (χ3v) is 4.60. The Morgan fingerprint density at radius 2 is 1.90 bits per heavy atom. The van der Waals surface area contributed by atoms with E-state index in [1.807, 2.05) is 55.5 Å². The number of benzene rings is 2. The van der Waals surface area contributed by atoms with Crippen LogP contribution in [-0.2, 0) is 5.41 Å². The molecule has 3 rings (SSSR count). The first-order valence-electron chi connectivity index (χ1n) is 7.35. The number of ether oxygens (including phenoxy) is 1. The van der Waals surface area contributed by atoms with Crippen molar-refractivity contribution in [1.29, 1.82) is 0 Å². The molecule has 1 heterocycles. The van der Waals surface area contributed by atoms with Crippen molar-refractivity contribution < 1.29 is 9.84 Å². The zero-order chi connectivity index (χ0) is 14.9. The Bertz CT molecular complexity index is 641. The number of aryl methyl sites for hydroxylation is 1. The summed E-state index contributed by atoms with van der Waals surface area (Å²) in [5.74, 6) is 0.835. The number of para-hydroxylation sites is 1. The molecule has 0 bridgehead atoms. The predicted molar refractivity (Wildman–Crippen MR) is 83.4 cm³/mol. The SMILES string of the molecule is Cc1ccccc1C(O)C1(CN)CCOc2ccccc21. The maximum absolute atomic E-state index is 11.1. The largest absolute Gasteiger partial charge is 0.493 e. The van der Waals surface area contributed by atoms with Crippen LogP contribution in [0.4, 0.5) is 0 Å². The van der Waals surface area contributed by atoms with Crippen LogP contribution in [0.2, 0.25) is 0 Å². The second kappa shape index (κ2) is 5.51. The normalized spacial score (nSPS) is 22.2. The van der Waals surface area contributed by atoms with E-state index in [0.717, 1.165) is 28.9 Å². The molecule has 0 spiro atoms. The van der Waals surface area contributed by atoms with E-state index in [1.54, 1.807) is 0 Å². The van der Waals surface area contributed by atoms with E-state index >= 15 is 0 Å². The summed E-state index contributed by atoms with van der Waals surface area (Å²) in [6, 6.07) is 15.8. The monoisotopic (exact) mass is 283 g/mol. The van der Waals surface area contributed by atoms with Gasteiger partial charge in [0.15, 0.2) is 0 Å². The number of hydrogen-bond donors (Lipinski definition) is 2. The van der Waals surface area contributed by atoms with Gasteiger partial charge >= 0.3 is 0 Å². The van der Waals surface area contributed by atoms with Gasteiger partial charge in [-0.15, -0.1) is 0 Å². The zero-order valence-corrected chi connectivity index (χ0v) is 12.3. The van der Waals surface area contributed by atoms with E-state index in [1.165, 1.54) is 0 Å². The summed E-state index contributed by atoms with van der Waals surface area (Å²) in [5.41, 5.74) is 8.68. The van der Waals surface area contributed by atoms with Crippen molar-refractivity contribution in [2.45, 2.75) is 24.9 Å². The van der Waals surface area contributed by atoms with Gasteiger partial charge in [0.1, 0.15) is 5.75 Å². The molecular formula is C18H21NO2. The lowest BCUT2D eigenvalue weighted by molar-refractivity contribution is 0.0531. The average Bonchev–Trinajstić information content (AvgIpc) is 2.54. The number of aliphatic hydroxyl groups is 1. The van der Waals surface area contributed by atoms with Gasteiger partial charge in [-0.3, -0.25) is 0 Å². The van der Waals surface area contributed by atoms with Crippen LogP contribution in [0.1, 0.15) is 29.2 Å². The summed E-state index contributed by atoms with van der Waals surface area (Å²) in [6.07, 6.45) is 0.0875. The fourth-order valence-electron chi connectivity index (χ4n) is 3.28. The molecule has 2 aromatic rings. The first-order valence-corrected chi connectivity index (χ1v) is 7.35. The zero-order valence-electron chi connectivity index (χ0n) is 12.3. The van der Waals surface area contributed by atoms with Crippen LogP contribution < -0.4 is 10.5 Å². The summed E-state index contributed by atoms with van der Waals surface area (Å²) < 4.78 is 5.73. The minimum absolute atomic E-state index is 0.392. The molecule has 0 amide bonds. The van der Waals surface area contributed by atoms with E-state index in [-0.39, 0.29) is 0 Å². The lowest BCUT2D eigenvalue weighted by Gasteiger charge is -2.42. The quantitative estimate of drug-likeness (QED) is 0.910. The van der Waals surface area contributed by atoms with Crippen LogP contribution in [0.3, 0.4) is 0 Å². The highest BCUT2D eigenvalue weighted by atomic mass is 16.5. The first-order chi connectivity index (χ1) is 10.2. The minimum Gasteiger partial charge on any atom is -0.493 e. The molecule has 3 N–H and O–H groups in total. The highest BCUT2D eigenvalue weighted by molar-refractivity contribution is 5.45. The molecule has 1 aliphatic rings. The van der Waals surface area contributed by atoms with E-state index in [2.05, 4.69) is 0 Å². The molecule has 0 saturated carbocycles. The summed E-state index contributed by atoms with van der Waals surface area (Å²) >= 11 is 0. The van der Waals surface area contributed by atoms with E-state index in [4.69, 9.17) is 10.5 Å². The van der Waals surface area contributed by atoms with Gasteiger partial charge < -0.3 is 15.6 Å². The summed E-state index contributed by atoms with van der Waals surface area (Å²) in [5, 5.41) is 11.1. The first kappa shape index (κ1) is 14.1. The molecule has 0 aliphatic carbocycles. The topological polar surface area (TPSA) is 55.5 Å². The van der Waals surface area contributed by atoms with Gasteiger partial charge in [0.25, 0.3) is 0 Å². The Kier molecular flexibility index (Phi) is 3.70. The van der Waals surface area contributed by atoms with Crippen LogP contribution in [0, 0.1) is 6.92 Å². The van der Waals surface area contributed by atoms with Crippen molar-refractivity contribution in [2.24, 2.45) is 5.73 Å². The smallest absolute Gasteiger partial charge is 0.123 e. The molecule has 21 heavy (non-hydrogen) atoms. The summed E-state index contributed by atoms with van der Waals surface area (Å²) in [7, 11) is 0. The molecule has 2 aromatic carbocycles. The van der Waals surface area contributed by atoms with Gasteiger partial charge in [-0.2, -0.15) is 0 Å². The van der Waals surface area contributed by atoms with Gasteiger partial charge in [0, 0.05) is 17.5 Å². The van der Waals surface area contributed by atoms with Crippen molar-refractivity contribution in [3.8, 4) is 5.75 Å². The molecule has 110 valence electrons. The molecular weight excluding hydrogens is 262 g/mol. The van der Waals surface area contributed by atoms with Crippen molar-refractivity contribution in [3.63, 3.8) is 0 Å². The Hall–Kier alpha value is -1.84. The van der Waals surface area contributed by atoms with Crippen LogP contribution in [0.15, 0.2) is 48.5 Å². The summed E-state index contributed by atoms with van der Waals surface area (Å²) in [6.45, 7) is 2.99. The van der Waals surface area contributed by atoms with E-state index in [9.17, 15) is 5.11 Å². The average molecular weight is 283 g/mol. The maximum atomic E-state index is 11.1. The summed E-state index contributed by atoms with van der Waals surface area (Å²) in [4.78, 5) is 0. The van der Waals surface area contributed by atoms with Crippen LogP contribution >= 0.6 is 0 Å². The number of nitrogens with two attached hydrogens (primary N) is 1. The lowest BCUT2D eigenvalue weighted by atomic mass is 9.69. The van der Waals surface area contributed by atoms with Gasteiger partial charge in [-0.1, -0.05) is 42.5 Å². The Labute approximate surface area is 125 Å². The predicted octanol–water partition coefficient (Wildman–Crippen LogP) is 2.71. The molecule has 0 saturated heterocycles. The molecule has 3 heteroatoms. The fourth-order valence-corrected chi connectivity index (χ4v) is 3.28. The highest BCUT2D eigenvalue weighted by Gasteiger charge is 2.43. The van der Waals surface area contributed by atoms with Crippen molar-refractivity contribution >= 4 is 0 Å². The standard InChI is InChI=1S/C18H21NO2/c1-13-6-2-3-7-14(13)17(20)18(12-19)10-11-21-16-9-5-4-8-15(16)18/h2-9,17,20H,10-12,19H2,1H3. The van der Waals surface area contributed by atoms with Crippen LogP contribution in [0.5, 0.6) is 5.75 Å². The van der Waals surface area contributed by atoms with Gasteiger partial charge in [-0.05, 0) is 30.5 Å². The second-order valence-corrected chi connectivity index (χ2v) is 5.71. The number of hydrogen-bond acceptors (Lipinski definition) is 3. The van der Waals surface area contributed by atoms with E-state index in [0.29, 0.717) is 13.2 Å². The minimum atomic E-state index is -0.631. The lowest BCUT2D eigenvalue weighted by Crippen LogP contribution is -2.45. The van der Waals surface area contributed by atoms with Crippen LogP contribution in [-0.4, -0.2) is 18.3 Å². The Morgan fingerprint density at radius 1 is 1.19 bits per heavy atom. The Morgan fingerprint density at radius 3 is 2.67 bits per heavy atom. The molecule has 1 aliphatic heterocycles. The molecule has 3 nitrogen and oxygen atoms in total. The Balaban J connectivity index is 2.12.